The van der Waals surface area contributed by atoms with Crippen molar-refractivity contribution in [1.82, 2.24) is 0 Å². The molecule has 29 heavy (non-hydrogen) atoms. The van der Waals surface area contributed by atoms with E-state index in [0.29, 0.717) is 29.9 Å². The van der Waals surface area contributed by atoms with Gasteiger partial charge in [-0.15, -0.1) is 0 Å². The lowest BCUT2D eigenvalue weighted by Gasteiger charge is -2.15. The summed E-state index contributed by atoms with van der Waals surface area (Å²) in [4.78, 5) is 25.0. The fourth-order valence-corrected chi connectivity index (χ4v) is 2.85. The molecule has 0 radical (unpaired) electrons. The van der Waals surface area contributed by atoms with Crippen LogP contribution in [0.25, 0.3) is 0 Å². The highest BCUT2D eigenvalue weighted by Gasteiger charge is 2.22. The SMILES string of the molecule is O=C(Oc1ccc(C2OCCO2)cc1OC(=O)c1ccccc1)c1ccccc1. The summed E-state index contributed by atoms with van der Waals surface area (Å²) in [6, 6.07) is 22.0. The summed E-state index contributed by atoms with van der Waals surface area (Å²) in [6.45, 7) is 0.961. The summed E-state index contributed by atoms with van der Waals surface area (Å²) in [5, 5.41) is 0. The summed E-state index contributed by atoms with van der Waals surface area (Å²) >= 11 is 0. The van der Waals surface area contributed by atoms with Crippen LogP contribution in [0, 0.1) is 0 Å². The molecule has 0 bridgehead atoms. The monoisotopic (exact) mass is 390 g/mol. The zero-order chi connectivity index (χ0) is 20.1. The number of rotatable bonds is 5. The molecule has 0 amide bonds. The molecular weight excluding hydrogens is 372 g/mol. The van der Waals surface area contributed by atoms with E-state index >= 15 is 0 Å². The number of benzene rings is 3. The molecule has 1 saturated heterocycles. The standard InChI is InChI=1S/C23H18O6/c24-21(16-7-3-1-4-8-16)28-19-12-11-18(23-26-13-14-27-23)15-20(19)29-22(25)17-9-5-2-6-10-17/h1-12,15,23H,13-14H2. The summed E-state index contributed by atoms with van der Waals surface area (Å²) in [6.07, 6.45) is -0.553. The molecule has 0 N–H and O–H groups in total. The van der Waals surface area contributed by atoms with Gasteiger partial charge in [0.15, 0.2) is 17.8 Å². The van der Waals surface area contributed by atoms with Gasteiger partial charge in [0.2, 0.25) is 0 Å². The Hall–Kier alpha value is -3.48. The van der Waals surface area contributed by atoms with Gasteiger partial charge in [-0.2, -0.15) is 0 Å². The van der Waals surface area contributed by atoms with Crippen LogP contribution >= 0.6 is 0 Å². The molecule has 3 aromatic rings. The van der Waals surface area contributed by atoms with Gasteiger partial charge in [-0.1, -0.05) is 36.4 Å². The van der Waals surface area contributed by atoms with Gasteiger partial charge >= 0.3 is 11.9 Å². The molecule has 0 atom stereocenters. The van der Waals surface area contributed by atoms with E-state index in [-0.39, 0.29) is 11.5 Å². The van der Waals surface area contributed by atoms with Crippen molar-refractivity contribution in [3.8, 4) is 11.5 Å². The first-order valence-corrected chi connectivity index (χ1v) is 9.12. The van der Waals surface area contributed by atoms with Crippen LogP contribution in [0.4, 0.5) is 0 Å². The minimum Gasteiger partial charge on any atom is -0.419 e. The minimum absolute atomic E-state index is 0.111. The quantitative estimate of drug-likeness (QED) is 0.481. The molecule has 0 aromatic heterocycles. The van der Waals surface area contributed by atoms with Gasteiger partial charge in [0.05, 0.1) is 24.3 Å². The van der Waals surface area contributed by atoms with E-state index in [1.165, 1.54) is 0 Å². The number of carbonyl (C=O) groups excluding carboxylic acids is 2. The summed E-state index contributed by atoms with van der Waals surface area (Å²) in [5.41, 5.74) is 1.43. The Bertz CT molecular complexity index is 994. The van der Waals surface area contributed by atoms with E-state index in [2.05, 4.69) is 0 Å². The van der Waals surface area contributed by atoms with Gasteiger partial charge in [0, 0.05) is 5.56 Å². The number of esters is 2. The molecule has 6 nitrogen and oxygen atoms in total. The van der Waals surface area contributed by atoms with Crippen molar-refractivity contribution in [3.63, 3.8) is 0 Å². The maximum Gasteiger partial charge on any atom is 0.343 e. The first-order valence-electron chi connectivity index (χ1n) is 9.12. The zero-order valence-electron chi connectivity index (χ0n) is 15.4. The van der Waals surface area contributed by atoms with Crippen LogP contribution in [0.15, 0.2) is 78.9 Å². The molecule has 1 heterocycles. The summed E-state index contributed by atoms with van der Waals surface area (Å²) < 4.78 is 22.0. The molecule has 0 saturated carbocycles. The van der Waals surface area contributed by atoms with Crippen LogP contribution in [-0.2, 0) is 9.47 Å². The molecule has 0 spiro atoms. The van der Waals surface area contributed by atoms with Crippen LogP contribution in [0.5, 0.6) is 11.5 Å². The van der Waals surface area contributed by atoms with Gasteiger partial charge in [-0.05, 0) is 42.5 Å². The lowest BCUT2D eigenvalue weighted by molar-refractivity contribution is -0.0442. The number of carbonyl (C=O) groups is 2. The molecule has 1 fully saturated rings. The van der Waals surface area contributed by atoms with Crippen molar-refractivity contribution >= 4 is 11.9 Å². The van der Waals surface area contributed by atoms with E-state index < -0.39 is 18.2 Å². The third-order valence-electron chi connectivity index (χ3n) is 4.29. The topological polar surface area (TPSA) is 71.1 Å². The Morgan fingerprint density at radius 1 is 0.690 bits per heavy atom. The molecule has 0 unspecified atom stereocenters. The lowest BCUT2D eigenvalue weighted by atomic mass is 10.2. The van der Waals surface area contributed by atoms with Crippen molar-refractivity contribution in [2.75, 3.05) is 13.2 Å². The highest BCUT2D eigenvalue weighted by atomic mass is 16.7. The van der Waals surface area contributed by atoms with Gasteiger partial charge in [-0.3, -0.25) is 0 Å². The maximum absolute atomic E-state index is 12.5. The molecule has 3 aromatic carbocycles. The normalized spacial score (nSPS) is 13.8. The van der Waals surface area contributed by atoms with Crippen LogP contribution in [0.1, 0.15) is 32.6 Å². The highest BCUT2D eigenvalue weighted by Crippen LogP contribution is 2.34. The van der Waals surface area contributed by atoms with Crippen molar-refractivity contribution in [1.29, 1.82) is 0 Å². The van der Waals surface area contributed by atoms with Gasteiger partial charge in [0.25, 0.3) is 0 Å². The third kappa shape index (κ3) is 4.51. The van der Waals surface area contributed by atoms with Gasteiger partial charge < -0.3 is 18.9 Å². The Balaban J connectivity index is 1.62. The van der Waals surface area contributed by atoms with Crippen molar-refractivity contribution in [2.45, 2.75) is 6.29 Å². The van der Waals surface area contributed by atoms with Crippen LogP contribution in [-0.4, -0.2) is 25.2 Å². The molecule has 1 aliphatic heterocycles. The molecule has 146 valence electrons. The van der Waals surface area contributed by atoms with E-state index in [1.807, 2.05) is 0 Å². The van der Waals surface area contributed by atoms with Crippen LogP contribution in [0.3, 0.4) is 0 Å². The minimum atomic E-state index is -0.562. The zero-order valence-corrected chi connectivity index (χ0v) is 15.4. The lowest BCUT2D eigenvalue weighted by Crippen LogP contribution is -2.13. The van der Waals surface area contributed by atoms with Crippen molar-refractivity contribution in [3.05, 3.63) is 95.6 Å². The Morgan fingerprint density at radius 3 is 1.76 bits per heavy atom. The second-order valence-electron chi connectivity index (χ2n) is 6.29. The molecule has 6 heteroatoms. The van der Waals surface area contributed by atoms with Crippen LogP contribution in [0.2, 0.25) is 0 Å². The van der Waals surface area contributed by atoms with Crippen molar-refractivity contribution in [2.24, 2.45) is 0 Å². The molecule has 0 aliphatic carbocycles. The second kappa shape index (κ2) is 8.68. The average molecular weight is 390 g/mol. The molecular formula is C23H18O6. The second-order valence-corrected chi connectivity index (χ2v) is 6.29. The molecule has 4 rings (SSSR count). The Kier molecular flexibility index (Phi) is 5.65. The van der Waals surface area contributed by atoms with E-state index in [9.17, 15) is 9.59 Å². The number of hydrogen-bond donors (Lipinski definition) is 0. The Labute approximate surface area is 167 Å². The third-order valence-corrected chi connectivity index (χ3v) is 4.29. The fraction of sp³-hybridized carbons (Fsp3) is 0.130. The number of hydrogen-bond acceptors (Lipinski definition) is 6. The first kappa shape index (κ1) is 18.9. The van der Waals surface area contributed by atoms with Gasteiger partial charge in [0.1, 0.15) is 0 Å². The van der Waals surface area contributed by atoms with Gasteiger partial charge in [-0.25, -0.2) is 9.59 Å². The predicted molar refractivity (Wildman–Crippen MR) is 104 cm³/mol. The van der Waals surface area contributed by atoms with Crippen LogP contribution < -0.4 is 9.47 Å². The largest absolute Gasteiger partial charge is 0.419 e. The smallest absolute Gasteiger partial charge is 0.343 e. The van der Waals surface area contributed by atoms with E-state index in [4.69, 9.17) is 18.9 Å². The first-order chi connectivity index (χ1) is 14.2. The maximum atomic E-state index is 12.5. The highest BCUT2D eigenvalue weighted by molar-refractivity contribution is 5.93. The predicted octanol–water partition coefficient (Wildman–Crippen LogP) is 4.17. The average Bonchev–Trinajstić information content (AvgIpc) is 3.31. The van der Waals surface area contributed by atoms with Crippen molar-refractivity contribution < 1.29 is 28.5 Å². The Morgan fingerprint density at radius 2 is 1.21 bits per heavy atom. The van der Waals surface area contributed by atoms with E-state index in [0.717, 1.165) is 0 Å². The number of ether oxygens (including phenoxy) is 4. The molecule has 1 aliphatic rings. The fourth-order valence-electron chi connectivity index (χ4n) is 2.85. The summed E-state index contributed by atoms with van der Waals surface area (Å²) in [7, 11) is 0. The van der Waals surface area contributed by atoms with E-state index in [1.54, 1.807) is 78.9 Å². The summed E-state index contributed by atoms with van der Waals surface area (Å²) in [5.74, 6) is -0.874.